The lowest BCUT2D eigenvalue weighted by molar-refractivity contribution is -0.132. The molecule has 3 N–H and O–H groups in total. The first-order chi connectivity index (χ1) is 9.29. The molecule has 0 aliphatic carbocycles. The number of nitrogen functional groups attached to an aromatic ring is 1. The third-order valence-corrected chi connectivity index (χ3v) is 4.43. The number of halogens is 4. The molecular formula is C12H10BrF3N2OS. The molecule has 2 aromatic rings. The number of hydrogen-bond donors (Lipinski definition) is 2. The van der Waals surface area contributed by atoms with Crippen LogP contribution in [0.4, 0.5) is 18.9 Å². The Bertz CT molecular complexity index is 654. The number of benzene rings is 1. The molecule has 1 aromatic carbocycles. The zero-order valence-corrected chi connectivity index (χ0v) is 12.5. The van der Waals surface area contributed by atoms with Gasteiger partial charge in [0.1, 0.15) is 4.88 Å². The molecule has 8 heteroatoms. The van der Waals surface area contributed by atoms with Crippen molar-refractivity contribution in [3.63, 3.8) is 0 Å². The maximum Gasteiger partial charge on any atom is 0.390 e. The van der Waals surface area contributed by atoms with Gasteiger partial charge in [-0.25, -0.2) is 0 Å². The van der Waals surface area contributed by atoms with Crippen molar-refractivity contribution < 1.29 is 18.0 Å². The van der Waals surface area contributed by atoms with Crippen LogP contribution in [0.5, 0.6) is 0 Å². The molecule has 0 aliphatic rings. The topological polar surface area (TPSA) is 55.1 Å². The molecule has 0 fully saturated rings. The quantitative estimate of drug-likeness (QED) is 0.864. The number of nitrogens with one attached hydrogen (secondary N) is 1. The molecule has 0 aliphatic heterocycles. The van der Waals surface area contributed by atoms with Gasteiger partial charge in [-0.1, -0.05) is 22.0 Å². The largest absolute Gasteiger partial charge is 0.397 e. The molecule has 20 heavy (non-hydrogen) atoms. The standard InChI is InChI=1S/C12H10BrF3N2OS/c13-6-2-1-3-7-8(6)9(17)10(20-7)11(19)18-5-4-12(14,15)16/h1-3H,4-5,17H2,(H,18,19). The highest BCUT2D eigenvalue weighted by atomic mass is 79.9. The molecule has 108 valence electrons. The van der Waals surface area contributed by atoms with Crippen LogP contribution in [-0.2, 0) is 0 Å². The van der Waals surface area contributed by atoms with Crippen molar-refractivity contribution in [2.24, 2.45) is 0 Å². The van der Waals surface area contributed by atoms with Crippen molar-refractivity contribution in [3.05, 3.63) is 27.5 Å². The summed E-state index contributed by atoms with van der Waals surface area (Å²) < 4.78 is 37.6. The maximum absolute atomic E-state index is 12.0. The minimum absolute atomic E-state index is 0.231. The van der Waals surface area contributed by atoms with Crippen LogP contribution >= 0.6 is 27.3 Å². The lowest BCUT2D eigenvalue weighted by atomic mass is 10.2. The average Bonchev–Trinajstić information content (AvgIpc) is 2.66. The Morgan fingerprint density at radius 1 is 1.40 bits per heavy atom. The van der Waals surface area contributed by atoms with Gasteiger partial charge in [-0.2, -0.15) is 13.2 Å². The van der Waals surface area contributed by atoms with E-state index in [9.17, 15) is 18.0 Å². The van der Waals surface area contributed by atoms with Crippen LogP contribution in [0.15, 0.2) is 22.7 Å². The third kappa shape index (κ3) is 3.24. The van der Waals surface area contributed by atoms with Gasteiger partial charge in [0.25, 0.3) is 5.91 Å². The van der Waals surface area contributed by atoms with E-state index in [2.05, 4.69) is 21.2 Å². The number of anilines is 1. The summed E-state index contributed by atoms with van der Waals surface area (Å²) in [5.41, 5.74) is 6.18. The van der Waals surface area contributed by atoms with E-state index >= 15 is 0 Å². The summed E-state index contributed by atoms with van der Waals surface area (Å²) in [7, 11) is 0. The number of carbonyl (C=O) groups is 1. The molecule has 0 atom stereocenters. The van der Waals surface area contributed by atoms with Crippen LogP contribution in [0, 0.1) is 0 Å². The average molecular weight is 367 g/mol. The van der Waals surface area contributed by atoms with Gasteiger partial charge in [0.2, 0.25) is 0 Å². The summed E-state index contributed by atoms with van der Waals surface area (Å²) in [5, 5.41) is 2.94. The Morgan fingerprint density at radius 3 is 2.70 bits per heavy atom. The van der Waals surface area contributed by atoms with Crippen LogP contribution in [0.2, 0.25) is 0 Å². The molecule has 3 nitrogen and oxygen atoms in total. The van der Waals surface area contributed by atoms with E-state index in [1.807, 2.05) is 0 Å². The Labute approximate surface area is 125 Å². The van der Waals surface area contributed by atoms with Gasteiger partial charge < -0.3 is 11.1 Å². The van der Waals surface area contributed by atoms with Crippen LogP contribution < -0.4 is 11.1 Å². The van der Waals surface area contributed by atoms with E-state index in [-0.39, 0.29) is 10.6 Å². The van der Waals surface area contributed by atoms with E-state index in [1.165, 1.54) is 0 Å². The van der Waals surface area contributed by atoms with Crippen LogP contribution in [-0.4, -0.2) is 18.6 Å². The fraction of sp³-hybridized carbons (Fsp3) is 0.250. The molecule has 1 heterocycles. The summed E-state index contributed by atoms with van der Waals surface area (Å²) >= 11 is 4.49. The molecule has 0 radical (unpaired) electrons. The predicted molar refractivity (Wildman–Crippen MR) is 76.9 cm³/mol. The first-order valence-electron chi connectivity index (χ1n) is 5.61. The summed E-state index contributed by atoms with van der Waals surface area (Å²) in [6, 6.07) is 5.39. The Hall–Kier alpha value is -1.28. The molecule has 1 amide bonds. The van der Waals surface area contributed by atoms with Crippen molar-refractivity contribution in [3.8, 4) is 0 Å². The van der Waals surface area contributed by atoms with Crippen molar-refractivity contribution >= 4 is 48.9 Å². The molecule has 1 aromatic heterocycles. The molecule has 0 saturated heterocycles. The monoisotopic (exact) mass is 366 g/mol. The third-order valence-electron chi connectivity index (χ3n) is 2.60. The van der Waals surface area contributed by atoms with Gasteiger partial charge in [-0.05, 0) is 12.1 Å². The summed E-state index contributed by atoms with van der Waals surface area (Å²) in [6.07, 6.45) is -5.35. The summed E-state index contributed by atoms with van der Waals surface area (Å²) in [5.74, 6) is -0.583. The zero-order chi connectivity index (χ0) is 14.9. The van der Waals surface area contributed by atoms with E-state index < -0.39 is 25.0 Å². The molecule has 0 bridgehead atoms. The Morgan fingerprint density at radius 2 is 2.10 bits per heavy atom. The number of carbonyl (C=O) groups excluding carboxylic acids is 1. The van der Waals surface area contributed by atoms with Crippen LogP contribution in [0.25, 0.3) is 10.1 Å². The molecule has 0 unspecified atom stereocenters. The maximum atomic E-state index is 12.0. The zero-order valence-electron chi connectivity index (χ0n) is 10.1. The summed E-state index contributed by atoms with van der Waals surface area (Å²) in [6.45, 7) is -0.461. The molecule has 0 spiro atoms. The van der Waals surface area contributed by atoms with Gasteiger partial charge in [0, 0.05) is 21.1 Å². The highest BCUT2D eigenvalue weighted by Gasteiger charge is 2.27. The lowest BCUT2D eigenvalue weighted by Crippen LogP contribution is -2.27. The van der Waals surface area contributed by atoms with Gasteiger partial charge in [-0.3, -0.25) is 4.79 Å². The SMILES string of the molecule is Nc1c(C(=O)NCCC(F)(F)F)sc2cccc(Br)c12. The molecule has 2 rings (SSSR count). The number of amides is 1. The van der Waals surface area contributed by atoms with Crippen molar-refractivity contribution in [1.29, 1.82) is 0 Å². The summed E-state index contributed by atoms with van der Waals surface area (Å²) in [4.78, 5) is 12.1. The van der Waals surface area contributed by atoms with E-state index in [1.54, 1.807) is 18.2 Å². The van der Waals surface area contributed by atoms with E-state index in [0.29, 0.717) is 5.39 Å². The number of hydrogen-bond acceptors (Lipinski definition) is 3. The first-order valence-corrected chi connectivity index (χ1v) is 7.22. The smallest absolute Gasteiger partial charge is 0.390 e. The molecular weight excluding hydrogens is 357 g/mol. The van der Waals surface area contributed by atoms with Crippen LogP contribution in [0.3, 0.4) is 0 Å². The lowest BCUT2D eigenvalue weighted by Gasteiger charge is -2.07. The van der Waals surface area contributed by atoms with Gasteiger partial charge in [0.05, 0.1) is 12.1 Å². The number of thiophene rings is 1. The highest BCUT2D eigenvalue weighted by Crippen LogP contribution is 2.38. The highest BCUT2D eigenvalue weighted by molar-refractivity contribution is 9.10. The van der Waals surface area contributed by atoms with E-state index in [0.717, 1.165) is 20.5 Å². The Kier molecular flexibility index (Phi) is 4.24. The van der Waals surface area contributed by atoms with Gasteiger partial charge >= 0.3 is 6.18 Å². The van der Waals surface area contributed by atoms with Gasteiger partial charge in [0.15, 0.2) is 0 Å². The van der Waals surface area contributed by atoms with Crippen molar-refractivity contribution in [2.45, 2.75) is 12.6 Å². The second-order valence-electron chi connectivity index (χ2n) is 4.08. The van der Waals surface area contributed by atoms with Crippen LogP contribution in [0.1, 0.15) is 16.1 Å². The minimum Gasteiger partial charge on any atom is -0.397 e. The van der Waals surface area contributed by atoms with Crippen molar-refractivity contribution in [2.75, 3.05) is 12.3 Å². The normalized spacial score (nSPS) is 11.8. The van der Waals surface area contributed by atoms with Gasteiger partial charge in [-0.15, -0.1) is 11.3 Å². The van der Waals surface area contributed by atoms with E-state index in [4.69, 9.17) is 5.73 Å². The Balaban J connectivity index is 2.19. The fourth-order valence-electron chi connectivity index (χ4n) is 1.70. The fourth-order valence-corrected chi connectivity index (χ4v) is 3.47. The number of nitrogens with two attached hydrogens (primary N) is 1. The number of rotatable bonds is 3. The minimum atomic E-state index is -4.29. The number of fused-ring (bicyclic) bond motifs is 1. The second kappa shape index (κ2) is 5.61. The second-order valence-corrected chi connectivity index (χ2v) is 5.99. The predicted octanol–water partition coefficient (Wildman–Crippen LogP) is 3.93. The molecule has 0 saturated carbocycles. The first kappa shape index (κ1) is 15.1. The van der Waals surface area contributed by atoms with Crippen molar-refractivity contribution in [1.82, 2.24) is 5.32 Å². The number of alkyl halides is 3.